The van der Waals surface area contributed by atoms with Crippen molar-refractivity contribution in [3.05, 3.63) is 58.1 Å². The molecule has 2 aromatic heterocycles. The zero-order valence-electron chi connectivity index (χ0n) is 16.1. The van der Waals surface area contributed by atoms with E-state index in [0.29, 0.717) is 34.1 Å². The van der Waals surface area contributed by atoms with Gasteiger partial charge in [-0.2, -0.15) is 0 Å². The summed E-state index contributed by atoms with van der Waals surface area (Å²) in [6.45, 7) is 6.52. The van der Waals surface area contributed by atoms with E-state index in [1.807, 2.05) is 29.2 Å². The van der Waals surface area contributed by atoms with Gasteiger partial charge in [-0.25, -0.2) is 0 Å². The number of carbonyl (C=O) groups is 1. The van der Waals surface area contributed by atoms with Gasteiger partial charge in [-0.15, -0.1) is 0 Å². The van der Waals surface area contributed by atoms with Gasteiger partial charge in [0, 0.05) is 18.2 Å². The van der Waals surface area contributed by atoms with Crippen molar-refractivity contribution >= 4 is 17.5 Å². The first-order chi connectivity index (χ1) is 13.5. The van der Waals surface area contributed by atoms with Gasteiger partial charge >= 0.3 is 0 Å². The van der Waals surface area contributed by atoms with Crippen LogP contribution in [0.2, 0.25) is 5.02 Å². The lowest BCUT2D eigenvalue weighted by atomic mass is 10.0. The van der Waals surface area contributed by atoms with Gasteiger partial charge in [0.2, 0.25) is 0 Å². The maximum atomic E-state index is 13.5. The van der Waals surface area contributed by atoms with Crippen molar-refractivity contribution in [1.82, 2.24) is 15.2 Å². The van der Waals surface area contributed by atoms with Crippen LogP contribution >= 0.6 is 11.6 Å². The first-order valence-electron chi connectivity index (χ1n) is 9.46. The third kappa shape index (κ3) is 3.22. The Kier molecular flexibility index (Phi) is 4.98. The Hall–Kier alpha value is -2.60. The van der Waals surface area contributed by atoms with Gasteiger partial charge in [-0.1, -0.05) is 54.0 Å². The lowest BCUT2D eigenvalue weighted by Crippen LogP contribution is -2.31. The Bertz CT molecular complexity index is 1010. The van der Waals surface area contributed by atoms with E-state index >= 15 is 0 Å². The first kappa shape index (κ1) is 18.7. The summed E-state index contributed by atoms with van der Waals surface area (Å²) in [6.07, 6.45) is 1.74. The molecule has 28 heavy (non-hydrogen) atoms. The molecular formula is C21H22ClN3O3. The second-order valence-corrected chi connectivity index (χ2v) is 7.81. The molecule has 0 spiro atoms. The summed E-state index contributed by atoms with van der Waals surface area (Å²) in [7, 11) is 0. The molecule has 0 aliphatic carbocycles. The molecule has 1 saturated heterocycles. The zero-order valence-corrected chi connectivity index (χ0v) is 16.9. The number of aromatic nitrogens is 2. The monoisotopic (exact) mass is 399 g/mol. The van der Waals surface area contributed by atoms with Gasteiger partial charge in [-0.3, -0.25) is 4.79 Å². The second kappa shape index (κ2) is 7.43. The second-order valence-electron chi connectivity index (χ2n) is 7.41. The van der Waals surface area contributed by atoms with E-state index in [-0.39, 0.29) is 17.9 Å². The summed E-state index contributed by atoms with van der Waals surface area (Å²) >= 11 is 6.33. The van der Waals surface area contributed by atoms with Gasteiger partial charge in [0.25, 0.3) is 5.91 Å². The first-order valence-corrected chi connectivity index (χ1v) is 9.83. The SMILES string of the molecule is Cc1onc(-c2ccccc2Cl)c1C(=O)N1CCCC1c1cc(C(C)C)no1. The Morgan fingerprint density at radius 2 is 2.04 bits per heavy atom. The van der Waals surface area contributed by atoms with Gasteiger partial charge in [0.15, 0.2) is 5.76 Å². The number of amides is 1. The summed E-state index contributed by atoms with van der Waals surface area (Å²) in [4.78, 5) is 15.3. The maximum absolute atomic E-state index is 13.5. The quantitative estimate of drug-likeness (QED) is 0.587. The molecule has 3 aromatic rings. The highest BCUT2D eigenvalue weighted by atomic mass is 35.5. The van der Waals surface area contributed by atoms with Crippen LogP contribution in [0.5, 0.6) is 0 Å². The number of likely N-dealkylation sites (tertiary alicyclic amines) is 1. The summed E-state index contributed by atoms with van der Waals surface area (Å²) in [5.41, 5.74) is 2.50. The number of rotatable bonds is 4. The van der Waals surface area contributed by atoms with E-state index in [4.69, 9.17) is 20.6 Å². The average Bonchev–Trinajstić information content (AvgIpc) is 3.40. The molecule has 0 bridgehead atoms. The molecule has 1 atom stereocenters. The Labute approximate surface area is 168 Å². The summed E-state index contributed by atoms with van der Waals surface area (Å²) in [5, 5.41) is 8.80. The fourth-order valence-electron chi connectivity index (χ4n) is 3.64. The van der Waals surface area contributed by atoms with E-state index in [1.54, 1.807) is 13.0 Å². The van der Waals surface area contributed by atoms with Gasteiger partial charge < -0.3 is 13.9 Å². The third-order valence-electron chi connectivity index (χ3n) is 5.19. The molecule has 1 aliphatic rings. The van der Waals surface area contributed by atoms with E-state index in [1.165, 1.54) is 0 Å². The number of carbonyl (C=O) groups excluding carboxylic acids is 1. The van der Waals surface area contributed by atoms with Crippen LogP contribution in [0.4, 0.5) is 0 Å². The summed E-state index contributed by atoms with van der Waals surface area (Å²) in [5.74, 6) is 1.35. The van der Waals surface area contributed by atoms with Gasteiger partial charge in [-0.05, 0) is 31.7 Å². The maximum Gasteiger partial charge on any atom is 0.260 e. The number of benzene rings is 1. The van der Waals surface area contributed by atoms with Crippen molar-refractivity contribution in [1.29, 1.82) is 0 Å². The van der Waals surface area contributed by atoms with Crippen molar-refractivity contribution in [2.75, 3.05) is 6.54 Å². The van der Waals surface area contributed by atoms with Crippen LogP contribution in [-0.4, -0.2) is 27.7 Å². The van der Waals surface area contributed by atoms with Crippen LogP contribution in [0.1, 0.15) is 66.2 Å². The lowest BCUT2D eigenvalue weighted by molar-refractivity contribution is 0.0713. The average molecular weight is 400 g/mol. The van der Waals surface area contributed by atoms with Crippen molar-refractivity contribution in [2.45, 2.75) is 45.6 Å². The van der Waals surface area contributed by atoms with Crippen LogP contribution in [0.25, 0.3) is 11.3 Å². The molecule has 0 N–H and O–H groups in total. The standard InChI is InChI=1S/C21H22ClN3O3/c1-12(2)16-11-18(28-23-16)17-9-6-10-25(17)21(26)19-13(3)27-24-20(19)14-7-4-5-8-15(14)22/h4-5,7-8,11-12,17H,6,9-10H2,1-3H3. The minimum absolute atomic E-state index is 0.126. The molecule has 0 radical (unpaired) electrons. The topological polar surface area (TPSA) is 72.4 Å². The molecule has 1 unspecified atom stereocenters. The number of nitrogens with zero attached hydrogens (tertiary/aromatic N) is 3. The highest BCUT2D eigenvalue weighted by Crippen LogP contribution is 2.37. The van der Waals surface area contributed by atoms with Crippen molar-refractivity contribution in [3.63, 3.8) is 0 Å². The van der Waals surface area contributed by atoms with Gasteiger partial charge in [0.1, 0.15) is 17.0 Å². The number of halogens is 1. The van der Waals surface area contributed by atoms with E-state index in [2.05, 4.69) is 24.2 Å². The predicted octanol–water partition coefficient (Wildman–Crippen LogP) is 5.39. The normalized spacial score (nSPS) is 16.9. The van der Waals surface area contributed by atoms with E-state index in [9.17, 15) is 4.79 Å². The minimum atomic E-state index is -0.138. The van der Waals surface area contributed by atoms with Crippen LogP contribution in [-0.2, 0) is 0 Å². The highest BCUT2D eigenvalue weighted by molar-refractivity contribution is 6.33. The molecular weight excluding hydrogens is 378 g/mol. The van der Waals surface area contributed by atoms with E-state index in [0.717, 1.165) is 24.3 Å². The Morgan fingerprint density at radius 1 is 1.25 bits per heavy atom. The predicted molar refractivity (Wildman–Crippen MR) is 105 cm³/mol. The fraction of sp³-hybridized carbons (Fsp3) is 0.381. The van der Waals surface area contributed by atoms with Crippen LogP contribution in [0.15, 0.2) is 39.4 Å². The Balaban J connectivity index is 1.69. The summed E-state index contributed by atoms with van der Waals surface area (Å²) < 4.78 is 10.9. The fourth-order valence-corrected chi connectivity index (χ4v) is 3.87. The molecule has 1 amide bonds. The van der Waals surface area contributed by atoms with Crippen molar-refractivity contribution in [3.8, 4) is 11.3 Å². The van der Waals surface area contributed by atoms with Crippen LogP contribution < -0.4 is 0 Å². The van der Waals surface area contributed by atoms with Crippen LogP contribution in [0, 0.1) is 6.92 Å². The minimum Gasteiger partial charge on any atom is -0.360 e. The molecule has 0 saturated carbocycles. The van der Waals surface area contributed by atoms with Crippen molar-refractivity contribution < 1.29 is 13.8 Å². The molecule has 1 aromatic carbocycles. The van der Waals surface area contributed by atoms with Gasteiger partial charge in [0.05, 0.1) is 16.8 Å². The van der Waals surface area contributed by atoms with E-state index < -0.39 is 0 Å². The lowest BCUT2D eigenvalue weighted by Gasteiger charge is -2.22. The molecule has 1 aliphatic heterocycles. The molecule has 1 fully saturated rings. The number of hydrogen-bond donors (Lipinski definition) is 0. The molecule has 6 nitrogen and oxygen atoms in total. The summed E-state index contributed by atoms with van der Waals surface area (Å²) in [6, 6.07) is 9.13. The van der Waals surface area contributed by atoms with Crippen LogP contribution in [0.3, 0.4) is 0 Å². The Morgan fingerprint density at radius 3 is 2.75 bits per heavy atom. The molecule has 3 heterocycles. The highest BCUT2D eigenvalue weighted by Gasteiger charge is 2.36. The third-order valence-corrected chi connectivity index (χ3v) is 5.52. The molecule has 7 heteroatoms. The zero-order chi connectivity index (χ0) is 19.8. The van der Waals surface area contributed by atoms with Crippen molar-refractivity contribution in [2.24, 2.45) is 0 Å². The smallest absolute Gasteiger partial charge is 0.260 e. The number of hydrogen-bond acceptors (Lipinski definition) is 5. The molecule has 146 valence electrons. The number of aryl methyl sites for hydroxylation is 1. The largest absolute Gasteiger partial charge is 0.360 e. The molecule has 4 rings (SSSR count).